The first-order chi connectivity index (χ1) is 17.2. The summed E-state index contributed by atoms with van der Waals surface area (Å²) in [4.78, 5) is 11.6. The average Bonchev–Trinajstić information content (AvgIpc) is 2.84. The smallest absolute Gasteiger partial charge is 0.308 e. The van der Waals surface area contributed by atoms with E-state index in [4.69, 9.17) is 4.74 Å². The largest absolute Gasteiger partial charge is 0.436 e. The van der Waals surface area contributed by atoms with E-state index in [9.17, 15) is 9.90 Å². The Morgan fingerprint density at radius 3 is 1.06 bits per heavy atom. The van der Waals surface area contributed by atoms with Gasteiger partial charge in [0.2, 0.25) is 6.29 Å². The van der Waals surface area contributed by atoms with Crippen LogP contribution in [-0.2, 0) is 9.53 Å². The quantitative estimate of drug-likeness (QED) is 0.0636. The van der Waals surface area contributed by atoms with Crippen molar-refractivity contribution in [1.29, 1.82) is 0 Å². The molecular formula is C32H64O3. The summed E-state index contributed by atoms with van der Waals surface area (Å²) in [5, 5.41) is 9.47. The molecule has 35 heavy (non-hydrogen) atoms. The summed E-state index contributed by atoms with van der Waals surface area (Å²) >= 11 is 0. The van der Waals surface area contributed by atoms with Crippen LogP contribution in [-0.4, -0.2) is 17.4 Å². The Kier molecular flexibility index (Phi) is 29.2. The molecule has 0 bridgehead atoms. The molecule has 0 radical (unpaired) electrons. The Bertz CT molecular complexity index is 410. The molecule has 0 spiro atoms. The van der Waals surface area contributed by atoms with Gasteiger partial charge in [-0.2, -0.15) is 0 Å². The van der Waals surface area contributed by atoms with Crippen molar-refractivity contribution < 1.29 is 14.6 Å². The van der Waals surface area contributed by atoms with E-state index >= 15 is 0 Å². The van der Waals surface area contributed by atoms with Crippen LogP contribution in [0.5, 0.6) is 0 Å². The van der Waals surface area contributed by atoms with Gasteiger partial charge in [0, 0.05) is 12.8 Å². The third-order valence-electron chi connectivity index (χ3n) is 7.29. The van der Waals surface area contributed by atoms with Crippen LogP contribution in [0.25, 0.3) is 0 Å². The van der Waals surface area contributed by atoms with E-state index in [0.29, 0.717) is 12.8 Å². The van der Waals surface area contributed by atoms with Gasteiger partial charge in [-0.05, 0) is 6.42 Å². The summed E-state index contributed by atoms with van der Waals surface area (Å²) in [5.74, 6) is -0.250. The molecule has 0 saturated heterocycles. The van der Waals surface area contributed by atoms with Crippen molar-refractivity contribution >= 4 is 5.97 Å². The number of unbranched alkanes of at least 4 members (excludes halogenated alkanes) is 24. The van der Waals surface area contributed by atoms with Crippen LogP contribution >= 0.6 is 0 Å². The molecule has 0 aromatic heterocycles. The minimum atomic E-state index is -0.910. The zero-order chi connectivity index (χ0) is 25.7. The number of aliphatic hydroxyl groups excluding tert-OH is 1. The van der Waals surface area contributed by atoms with Gasteiger partial charge in [-0.25, -0.2) is 0 Å². The fourth-order valence-electron chi connectivity index (χ4n) is 4.92. The Hall–Kier alpha value is -0.570. The van der Waals surface area contributed by atoms with Crippen LogP contribution in [0.3, 0.4) is 0 Å². The maximum absolute atomic E-state index is 11.6. The number of esters is 1. The van der Waals surface area contributed by atoms with E-state index < -0.39 is 6.29 Å². The zero-order valence-electron chi connectivity index (χ0n) is 24.1. The highest BCUT2D eigenvalue weighted by Gasteiger charge is 2.09. The molecule has 1 N–H and O–H groups in total. The van der Waals surface area contributed by atoms with Gasteiger partial charge in [0.05, 0.1) is 0 Å². The molecule has 0 aliphatic rings. The number of ether oxygens (including phenoxy) is 1. The molecule has 0 fully saturated rings. The van der Waals surface area contributed by atoms with Crippen LogP contribution in [0.15, 0.2) is 0 Å². The summed E-state index contributed by atoms with van der Waals surface area (Å²) in [7, 11) is 0. The molecule has 0 aromatic carbocycles. The van der Waals surface area contributed by atoms with E-state index in [2.05, 4.69) is 6.92 Å². The zero-order valence-corrected chi connectivity index (χ0v) is 24.1. The van der Waals surface area contributed by atoms with E-state index in [-0.39, 0.29) is 5.97 Å². The lowest BCUT2D eigenvalue weighted by atomic mass is 10.0. The van der Waals surface area contributed by atoms with Crippen LogP contribution in [0.2, 0.25) is 0 Å². The summed E-state index contributed by atoms with van der Waals surface area (Å²) in [5.41, 5.74) is 0. The van der Waals surface area contributed by atoms with Crippen molar-refractivity contribution in [2.24, 2.45) is 0 Å². The van der Waals surface area contributed by atoms with Crippen LogP contribution in [0.1, 0.15) is 194 Å². The molecule has 0 heterocycles. The van der Waals surface area contributed by atoms with Crippen LogP contribution in [0.4, 0.5) is 0 Å². The van der Waals surface area contributed by atoms with Crippen molar-refractivity contribution in [3.63, 3.8) is 0 Å². The molecule has 0 aromatic rings. The normalized spacial score (nSPS) is 12.2. The summed E-state index contributed by atoms with van der Waals surface area (Å²) in [6, 6.07) is 0. The predicted octanol–water partition coefficient (Wildman–Crippen LogP) is 10.8. The Balaban J connectivity index is 3.10. The van der Waals surface area contributed by atoms with E-state index in [1.807, 2.05) is 6.92 Å². The highest BCUT2D eigenvalue weighted by Crippen LogP contribution is 2.16. The standard InChI is InChI=1S/C32H64O3/c1-3-5-6-7-8-9-10-11-12-13-14-15-16-17-18-19-20-21-22-23-24-25-26-27-28-30-32(34)35-31(33)29-4-2/h31,33H,3-30H2,1-2H3. The Morgan fingerprint density at radius 2 is 0.771 bits per heavy atom. The molecule has 0 aliphatic carbocycles. The first kappa shape index (κ1) is 34.4. The maximum atomic E-state index is 11.6. The minimum Gasteiger partial charge on any atom is -0.436 e. The Labute approximate surface area is 220 Å². The van der Waals surface area contributed by atoms with Crippen molar-refractivity contribution in [2.45, 2.75) is 200 Å². The van der Waals surface area contributed by atoms with Gasteiger partial charge in [-0.15, -0.1) is 0 Å². The second-order valence-corrected chi connectivity index (χ2v) is 11.0. The molecule has 1 unspecified atom stereocenters. The Morgan fingerprint density at radius 1 is 0.486 bits per heavy atom. The van der Waals surface area contributed by atoms with Gasteiger partial charge in [0.15, 0.2) is 0 Å². The lowest BCUT2D eigenvalue weighted by Gasteiger charge is -2.10. The molecule has 3 nitrogen and oxygen atoms in total. The summed E-state index contributed by atoms with van der Waals surface area (Å²) < 4.78 is 4.96. The van der Waals surface area contributed by atoms with Gasteiger partial charge in [0.25, 0.3) is 0 Å². The third-order valence-corrected chi connectivity index (χ3v) is 7.29. The fraction of sp³-hybridized carbons (Fsp3) is 0.969. The molecule has 0 rings (SSSR count). The number of hydrogen-bond donors (Lipinski definition) is 1. The first-order valence-corrected chi connectivity index (χ1v) is 16.1. The molecule has 0 saturated carbocycles. The van der Waals surface area contributed by atoms with Gasteiger partial charge in [0.1, 0.15) is 0 Å². The SMILES string of the molecule is CCCCCCCCCCCCCCCCCCCCCCCCCCCC(=O)OC(O)CCC. The van der Waals surface area contributed by atoms with Crippen molar-refractivity contribution in [3.8, 4) is 0 Å². The van der Waals surface area contributed by atoms with Gasteiger partial charge < -0.3 is 9.84 Å². The number of aliphatic hydroxyl groups is 1. The lowest BCUT2D eigenvalue weighted by Crippen LogP contribution is -2.16. The van der Waals surface area contributed by atoms with E-state index in [1.165, 1.54) is 148 Å². The summed E-state index contributed by atoms with van der Waals surface area (Å²) in [6.07, 6.45) is 35.5. The second kappa shape index (κ2) is 29.7. The van der Waals surface area contributed by atoms with Crippen molar-refractivity contribution in [3.05, 3.63) is 0 Å². The predicted molar refractivity (Wildman–Crippen MR) is 153 cm³/mol. The number of carbonyl (C=O) groups excluding carboxylic acids is 1. The summed E-state index contributed by atoms with van der Waals surface area (Å²) in [6.45, 7) is 4.27. The van der Waals surface area contributed by atoms with Crippen LogP contribution in [0, 0.1) is 0 Å². The van der Waals surface area contributed by atoms with E-state index in [1.54, 1.807) is 0 Å². The van der Waals surface area contributed by atoms with Gasteiger partial charge in [-0.1, -0.05) is 174 Å². The molecule has 0 amide bonds. The topological polar surface area (TPSA) is 46.5 Å². The van der Waals surface area contributed by atoms with Crippen molar-refractivity contribution in [2.75, 3.05) is 0 Å². The van der Waals surface area contributed by atoms with Gasteiger partial charge >= 0.3 is 5.97 Å². The molecule has 0 aliphatic heterocycles. The molecule has 210 valence electrons. The maximum Gasteiger partial charge on any atom is 0.308 e. The highest BCUT2D eigenvalue weighted by molar-refractivity contribution is 5.69. The average molecular weight is 497 g/mol. The number of carbonyl (C=O) groups is 1. The molecule has 1 atom stereocenters. The monoisotopic (exact) mass is 496 g/mol. The number of hydrogen-bond acceptors (Lipinski definition) is 3. The van der Waals surface area contributed by atoms with Gasteiger partial charge in [-0.3, -0.25) is 4.79 Å². The molecule has 3 heteroatoms. The highest BCUT2D eigenvalue weighted by atomic mass is 16.6. The van der Waals surface area contributed by atoms with Crippen molar-refractivity contribution in [1.82, 2.24) is 0 Å². The number of rotatable bonds is 29. The van der Waals surface area contributed by atoms with Crippen LogP contribution < -0.4 is 0 Å². The van der Waals surface area contributed by atoms with E-state index in [0.717, 1.165) is 19.3 Å². The lowest BCUT2D eigenvalue weighted by molar-refractivity contribution is -0.168. The molecular weight excluding hydrogens is 432 g/mol. The third kappa shape index (κ3) is 29.5. The minimum absolute atomic E-state index is 0.250. The second-order valence-electron chi connectivity index (χ2n) is 11.0. The fourth-order valence-corrected chi connectivity index (χ4v) is 4.92. The first-order valence-electron chi connectivity index (χ1n) is 16.1.